The van der Waals surface area contributed by atoms with E-state index in [2.05, 4.69) is 13.2 Å². The second-order valence-electron chi connectivity index (χ2n) is 8.33. The molecule has 0 aliphatic carbocycles. The first-order chi connectivity index (χ1) is 16.6. The third-order valence-electron chi connectivity index (χ3n) is 5.49. The Hall–Kier alpha value is -2.52. The van der Waals surface area contributed by atoms with Crippen LogP contribution in [-0.2, 0) is 20.0 Å². The minimum Gasteiger partial charge on any atom is -0.207 e. The molecule has 1 aliphatic rings. The maximum atomic E-state index is 12.4. The van der Waals surface area contributed by atoms with E-state index in [-0.39, 0.29) is 0 Å². The van der Waals surface area contributed by atoms with E-state index in [1.807, 2.05) is 38.1 Å². The van der Waals surface area contributed by atoms with Crippen LogP contribution in [0.15, 0.2) is 95.8 Å². The van der Waals surface area contributed by atoms with Gasteiger partial charge >= 0.3 is 0 Å². The Kier molecular flexibility index (Phi) is 11.1. The fraction of sp³-hybridized carbons (Fsp3) is 0.333. The van der Waals surface area contributed by atoms with E-state index < -0.39 is 20.0 Å². The van der Waals surface area contributed by atoms with Crippen molar-refractivity contribution in [3.05, 3.63) is 97.1 Å². The van der Waals surface area contributed by atoms with Gasteiger partial charge in [-0.1, -0.05) is 59.7 Å². The molecule has 8 heteroatoms. The van der Waals surface area contributed by atoms with Crippen molar-refractivity contribution in [3.63, 3.8) is 0 Å². The van der Waals surface area contributed by atoms with Gasteiger partial charge in [0.15, 0.2) is 0 Å². The molecule has 0 unspecified atom stereocenters. The SMILES string of the molecule is C=CCCN(CC=C)S(=O)(=O)c1ccc(C)cc1.Cc1ccc(S(=O)(=O)N2CC=CCCC2)cc1. The van der Waals surface area contributed by atoms with E-state index >= 15 is 0 Å². The topological polar surface area (TPSA) is 74.8 Å². The minimum atomic E-state index is -3.44. The molecule has 1 heterocycles. The highest BCUT2D eigenvalue weighted by Gasteiger charge is 2.24. The number of benzene rings is 2. The molecular weight excluding hydrogens is 480 g/mol. The summed E-state index contributed by atoms with van der Waals surface area (Å²) in [5, 5.41) is 0. The van der Waals surface area contributed by atoms with Gasteiger partial charge in [-0.3, -0.25) is 0 Å². The van der Waals surface area contributed by atoms with Crippen LogP contribution in [0.1, 0.15) is 30.4 Å². The maximum absolute atomic E-state index is 12.4. The molecule has 2 aromatic carbocycles. The molecule has 0 N–H and O–H groups in total. The van der Waals surface area contributed by atoms with Gasteiger partial charge in [-0.2, -0.15) is 8.61 Å². The molecule has 3 rings (SSSR count). The van der Waals surface area contributed by atoms with Crippen LogP contribution in [0.3, 0.4) is 0 Å². The smallest absolute Gasteiger partial charge is 0.207 e. The third-order valence-corrected chi connectivity index (χ3v) is 9.25. The molecule has 0 aromatic heterocycles. The number of hydrogen-bond donors (Lipinski definition) is 0. The van der Waals surface area contributed by atoms with Gasteiger partial charge in [0.2, 0.25) is 20.0 Å². The van der Waals surface area contributed by atoms with E-state index in [0.29, 0.717) is 42.4 Å². The Balaban J connectivity index is 0.000000247. The van der Waals surface area contributed by atoms with Crippen LogP contribution < -0.4 is 0 Å². The number of allylic oxidation sites excluding steroid dienone is 1. The Morgan fingerprint density at radius 2 is 1.43 bits per heavy atom. The second kappa shape index (κ2) is 13.5. The van der Waals surface area contributed by atoms with Crippen LogP contribution in [0.25, 0.3) is 0 Å². The lowest BCUT2D eigenvalue weighted by molar-refractivity contribution is 0.442. The highest BCUT2D eigenvalue weighted by atomic mass is 32.2. The number of nitrogens with zero attached hydrogens (tertiary/aromatic N) is 2. The fourth-order valence-electron chi connectivity index (χ4n) is 3.41. The van der Waals surface area contributed by atoms with Crippen LogP contribution in [0.4, 0.5) is 0 Å². The zero-order valence-electron chi connectivity index (χ0n) is 20.6. The van der Waals surface area contributed by atoms with E-state index in [1.165, 1.54) is 4.31 Å². The summed E-state index contributed by atoms with van der Waals surface area (Å²) in [6.07, 6.45) is 9.75. The molecule has 0 spiro atoms. The molecule has 0 saturated carbocycles. The molecule has 2 aromatic rings. The summed E-state index contributed by atoms with van der Waals surface area (Å²) in [6, 6.07) is 13.9. The average molecular weight is 517 g/mol. The van der Waals surface area contributed by atoms with Crippen LogP contribution in [0.5, 0.6) is 0 Å². The maximum Gasteiger partial charge on any atom is 0.243 e. The molecule has 0 fully saturated rings. The van der Waals surface area contributed by atoms with Gasteiger partial charge in [0.05, 0.1) is 9.79 Å². The van der Waals surface area contributed by atoms with Gasteiger partial charge in [-0.05, 0) is 57.4 Å². The van der Waals surface area contributed by atoms with Crippen molar-refractivity contribution in [1.29, 1.82) is 0 Å². The van der Waals surface area contributed by atoms with Crippen LogP contribution >= 0.6 is 0 Å². The van der Waals surface area contributed by atoms with E-state index in [9.17, 15) is 16.8 Å². The molecule has 0 atom stereocenters. The molecular formula is C27H36N2O4S2. The Labute approximate surface area is 211 Å². The summed E-state index contributed by atoms with van der Waals surface area (Å²) in [5.41, 5.74) is 2.11. The molecule has 0 amide bonds. The monoisotopic (exact) mass is 516 g/mol. The van der Waals surface area contributed by atoms with Crippen molar-refractivity contribution in [3.8, 4) is 0 Å². The summed E-state index contributed by atoms with van der Waals surface area (Å²) >= 11 is 0. The number of hydrogen-bond acceptors (Lipinski definition) is 4. The van der Waals surface area contributed by atoms with Crippen molar-refractivity contribution in [2.24, 2.45) is 0 Å². The number of rotatable bonds is 9. The molecule has 1 aliphatic heterocycles. The van der Waals surface area contributed by atoms with Gasteiger partial charge in [-0.15, -0.1) is 13.2 Å². The van der Waals surface area contributed by atoms with Gasteiger partial charge in [0.1, 0.15) is 0 Å². The number of sulfonamides is 2. The predicted molar refractivity (Wildman–Crippen MR) is 143 cm³/mol. The third kappa shape index (κ3) is 8.28. The molecule has 6 nitrogen and oxygen atoms in total. The Morgan fingerprint density at radius 3 is 1.97 bits per heavy atom. The summed E-state index contributed by atoms with van der Waals surface area (Å²) < 4.78 is 52.4. The summed E-state index contributed by atoms with van der Waals surface area (Å²) in [5.74, 6) is 0. The fourth-order valence-corrected chi connectivity index (χ4v) is 6.27. The van der Waals surface area contributed by atoms with Gasteiger partial charge in [0, 0.05) is 26.2 Å². The lowest BCUT2D eigenvalue weighted by Gasteiger charge is -2.20. The van der Waals surface area contributed by atoms with Crippen LogP contribution in [0, 0.1) is 13.8 Å². The molecule has 35 heavy (non-hydrogen) atoms. The van der Waals surface area contributed by atoms with E-state index in [0.717, 1.165) is 24.0 Å². The van der Waals surface area contributed by atoms with Gasteiger partial charge in [-0.25, -0.2) is 16.8 Å². The first-order valence-electron chi connectivity index (χ1n) is 11.6. The lowest BCUT2D eigenvalue weighted by atomic mass is 10.2. The largest absolute Gasteiger partial charge is 0.243 e. The van der Waals surface area contributed by atoms with Crippen LogP contribution in [-0.4, -0.2) is 51.6 Å². The van der Waals surface area contributed by atoms with Crippen molar-refractivity contribution < 1.29 is 16.8 Å². The number of aryl methyl sites for hydroxylation is 2. The first kappa shape index (κ1) is 28.7. The molecule has 0 bridgehead atoms. The van der Waals surface area contributed by atoms with E-state index in [1.54, 1.807) is 52.9 Å². The predicted octanol–water partition coefficient (Wildman–Crippen LogP) is 5.08. The van der Waals surface area contributed by atoms with E-state index in [4.69, 9.17) is 0 Å². The highest BCUT2D eigenvalue weighted by molar-refractivity contribution is 7.89. The van der Waals surface area contributed by atoms with Gasteiger partial charge < -0.3 is 0 Å². The molecule has 0 saturated heterocycles. The zero-order chi connectivity index (χ0) is 25.9. The van der Waals surface area contributed by atoms with Gasteiger partial charge in [0.25, 0.3) is 0 Å². The average Bonchev–Trinajstić information content (AvgIpc) is 3.13. The highest BCUT2D eigenvalue weighted by Crippen LogP contribution is 2.19. The quantitative estimate of drug-likeness (QED) is 0.436. The zero-order valence-corrected chi connectivity index (χ0v) is 22.3. The molecule has 190 valence electrons. The second-order valence-corrected chi connectivity index (χ2v) is 12.2. The van der Waals surface area contributed by atoms with Crippen molar-refractivity contribution in [2.45, 2.75) is 42.9 Å². The van der Waals surface area contributed by atoms with Crippen LogP contribution in [0.2, 0.25) is 0 Å². The molecule has 0 radical (unpaired) electrons. The van der Waals surface area contributed by atoms with Crippen molar-refractivity contribution in [2.75, 3.05) is 26.2 Å². The summed E-state index contributed by atoms with van der Waals surface area (Å²) in [7, 11) is -6.76. The Morgan fingerprint density at radius 1 is 0.857 bits per heavy atom. The standard InChI is InChI=1S/C14H19NO2S.C13H17NO2S/c1-4-6-12-15(11-5-2)18(16,17)14-9-7-13(3)8-10-14;1-12-6-8-13(9-7-12)17(15,16)14-10-4-2-3-5-11-14/h4-5,7-10H,1-2,6,11-12H2,3H3;2,4,6-9H,3,5,10-11H2,1H3. The minimum absolute atomic E-state index is 0.310. The first-order valence-corrected chi connectivity index (χ1v) is 14.5. The normalized spacial score (nSPS) is 14.6. The summed E-state index contributed by atoms with van der Waals surface area (Å²) in [4.78, 5) is 0.706. The van der Waals surface area contributed by atoms with Crippen molar-refractivity contribution >= 4 is 20.0 Å². The summed E-state index contributed by atoms with van der Waals surface area (Å²) in [6.45, 7) is 12.9. The Bertz CT molecular complexity index is 1200. The lowest BCUT2D eigenvalue weighted by Crippen LogP contribution is -2.32. The van der Waals surface area contributed by atoms with Crippen molar-refractivity contribution in [1.82, 2.24) is 8.61 Å².